The second-order valence-corrected chi connectivity index (χ2v) is 9.47. The third-order valence-corrected chi connectivity index (χ3v) is 6.59. The molecule has 1 fully saturated rings. The summed E-state index contributed by atoms with van der Waals surface area (Å²) in [5.41, 5.74) is 0.631. The van der Waals surface area contributed by atoms with E-state index in [0.717, 1.165) is 6.42 Å². The first-order valence-electron chi connectivity index (χ1n) is 9.73. The normalized spacial score (nSPS) is 17.5. The highest BCUT2D eigenvalue weighted by Gasteiger charge is 2.38. The fourth-order valence-electron chi connectivity index (χ4n) is 3.03. The van der Waals surface area contributed by atoms with E-state index in [-0.39, 0.29) is 41.3 Å². The molecule has 1 aliphatic rings. The Hall–Kier alpha value is -2.78. The number of benzene rings is 2. The van der Waals surface area contributed by atoms with E-state index in [1.807, 2.05) is 6.92 Å². The zero-order chi connectivity index (χ0) is 22.6. The van der Waals surface area contributed by atoms with Crippen molar-refractivity contribution in [2.75, 3.05) is 23.7 Å². The molecular formula is C21H24ClN3O5S. The van der Waals surface area contributed by atoms with Crippen molar-refractivity contribution in [2.24, 2.45) is 11.8 Å². The molecule has 0 aromatic heterocycles. The second kappa shape index (κ2) is 9.57. The molecule has 31 heavy (non-hydrogen) atoms. The van der Waals surface area contributed by atoms with Crippen LogP contribution in [0.1, 0.15) is 19.8 Å². The molecule has 1 aliphatic carbocycles. The van der Waals surface area contributed by atoms with Crippen molar-refractivity contribution in [3.63, 3.8) is 0 Å². The SMILES string of the molecule is COc1ccc(NC(=O)CCNC(=O)C2CC2C)cc1S(=O)(=O)Nc1ccc(Cl)cc1. The van der Waals surface area contributed by atoms with E-state index in [4.69, 9.17) is 16.3 Å². The molecule has 2 aromatic carbocycles. The van der Waals surface area contributed by atoms with Crippen LogP contribution >= 0.6 is 11.6 Å². The first-order chi connectivity index (χ1) is 14.7. The van der Waals surface area contributed by atoms with Gasteiger partial charge in [-0.15, -0.1) is 0 Å². The summed E-state index contributed by atoms with van der Waals surface area (Å²) in [6.07, 6.45) is 0.954. The molecule has 0 aliphatic heterocycles. The van der Waals surface area contributed by atoms with Crippen molar-refractivity contribution >= 4 is 44.8 Å². The number of rotatable bonds is 9. The van der Waals surface area contributed by atoms with Gasteiger partial charge in [0.1, 0.15) is 10.6 Å². The Bertz CT molecular complexity index is 1070. The molecule has 2 unspecified atom stereocenters. The average Bonchev–Trinajstić information content (AvgIpc) is 3.46. The van der Waals surface area contributed by atoms with E-state index in [1.54, 1.807) is 18.2 Å². The Balaban J connectivity index is 1.65. The van der Waals surface area contributed by atoms with Crippen LogP contribution in [0, 0.1) is 11.8 Å². The maximum Gasteiger partial charge on any atom is 0.265 e. The van der Waals surface area contributed by atoms with Crippen LogP contribution in [0.5, 0.6) is 5.75 Å². The quantitative estimate of drug-likeness (QED) is 0.526. The Morgan fingerprint density at radius 2 is 1.77 bits per heavy atom. The molecule has 0 radical (unpaired) electrons. The highest BCUT2D eigenvalue weighted by molar-refractivity contribution is 7.92. The van der Waals surface area contributed by atoms with E-state index < -0.39 is 10.0 Å². The minimum absolute atomic E-state index is 0.0357. The number of anilines is 2. The van der Waals surface area contributed by atoms with Crippen LogP contribution in [0.4, 0.5) is 11.4 Å². The summed E-state index contributed by atoms with van der Waals surface area (Å²) >= 11 is 5.83. The van der Waals surface area contributed by atoms with Gasteiger partial charge >= 0.3 is 0 Å². The maximum atomic E-state index is 12.9. The van der Waals surface area contributed by atoms with E-state index >= 15 is 0 Å². The molecule has 0 heterocycles. The number of amides is 2. The van der Waals surface area contributed by atoms with Gasteiger partial charge in [-0.3, -0.25) is 14.3 Å². The molecular weight excluding hydrogens is 442 g/mol. The zero-order valence-corrected chi connectivity index (χ0v) is 18.7. The van der Waals surface area contributed by atoms with Gasteiger partial charge in [-0.1, -0.05) is 18.5 Å². The number of ether oxygens (including phenoxy) is 1. The molecule has 0 bridgehead atoms. The van der Waals surface area contributed by atoms with Crippen molar-refractivity contribution in [2.45, 2.75) is 24.7 Å². The molecule has 1 saturated carbocycles. The topological polar surface area (TPSA) is 114 Å². The van der Waals surface area contributed by atoms with Crippen molar-refractivity contribution < 1.29 is 22.7 Å². The minimum atomic E-state index is -3.99. The molecule has 2 aromatic rings. The third-order valence-electron chi connectivity index (χ3n) is 4.93. The fourth-order valence-corrected chi connectivity index (χ4v) is 4.41. The zero-order valence-electron chi connectivity index (χ0n) is 17.1. The first kappa shape index (κ1) is 22.9. The minimum Gasteiger partial charge on any atom is -0.495 e. The van der Waals surface area contributed by atoms with Gasteiger partial charge in [-0.05, 0) is 54.8 Å². The highest BCUT2D eigenvalue weighted by atomic mass is 35.5. The van der Waals surface area contributed by atoms with Gasteiger partial charge in [-0.25, -0.2) is 8.42 Å². The van der Waals surface area contributed by atoms with Crippen LogP contribution < -0.4 is 20.1 Å². The summed E-state index contributed by atoms with van der Waals surface area (Å²) in [7, 11) is -2.63. The monoisotopic (exact) mass is 465 g/mol. The lowest BCUT2D eigenvalue weighted by Crippen LogP contribution is -2.29. The summed E-state index contributed by atoms with van der Waals surface area (Å²) < 4.78 is 33.4. The average molecular weight is 466 g/mol. The molecule has 10 heteroatoms. The van der Waals surface area contributed by atoms with Gasteiger partial charge < -0.3 is 15.4 Å². The lowest BCUT2D eigenvalue weighted by Gasteiger charge is -2.14. The van der Waals surface area contributed by atoms with E-state index in [2.05, 4.69) is 15.4 Å². The number of methoxy groups -OCH3 is 1. The van der Waals surface area contributed by atoms with E-state index in [9.17, 15) is 18.0 Å². The molecule has 3 rings (SSSR count). The smallest absolute Gasteiger partial charge is 0.265 e. The lowest BCUT2D eigenvalue weighted by atomic mass is 10.2. The molecule has 3 N–H and O–H groups in total. The second-order valence-electron chi connectivity index (χ2n) is 7.39. The van der Waals surface area contributed by atoms with Gasteiger partial charge in [0.2, 0.25) is 11.8 Å². The number of carbonyl (C=O) groups excluding carboxylic acids is 2. The van der Waals surface area contributed by atoms with Gasteiger partial charge in [0.05, 0.1) is 7.11 Å². The summed E-state index contributed by atoms with van der Waals surface area (Å²) in [4.78, 5) is 23.9. The molecule has 0 spiro atoms. The number of carbonyl (C=O) groups is 2. The van der Waals surface area contributed by atoms with E-state index in [1.165, 1.54) is 31.4 Å². The van der Waals surface area contributed by atoms with Crippen molar-refractivity contribution in [1.82, 2.24) is 5.32 Å². The molecule has 2 atom stereocenters. The maximum absolute atomic E-state index is 12.9. The molecule has 8 nitrogen and oxygen atoms in total. The Labute approximate surface area is 186 Å². The first-order valence-corrected chi connectivity index (χ1v) is 11.6. The molecule has 166 valence electrons. The summed E-state index contributed by atoms with van der Waals surface area (Å²) in [5, 5.41) is 5.87. The Kier molecular flexibility index (Phi) is 7.07. The van der Waals surface area contributed by atoms with Gasteiger partial charge in [-0.2, -0.15) is 0 Å². The lowest BCUT2D eigenvalue weighted by molar-refractivity contribution is -0.122. The number of hydrogen-bond acceptors (Lipinski definition) is 5. The van der Waals surface area contributed by atoms with Crippen LogP contribution in [0.2, 0.25) is 5.02 Å². The van der Waals surface area contributed by atoms with Crippen molar-refractivity contribution in [3.05, 3.63) is 47.5 Å². The predicted molar refractivity (Wildman–Crippen MR) is 119 cm³/mol. The van der Waals surface area contributed by atoms with Crippen LogP contribution in [-0.4, -0.2) is 33.9 Å². The fraction of sp³-hybridized carbons (Fsp3) is 0.333. The molecule has 2 amide bonds. The molecule has 0 saturated heterocycles. The Morgan fingerprint density at radius 3 is 2.39 bits per heavy atom. The number of nitrogens with one attached hydrogen (secondary N) is 3. The van der Waals surface area contributed by atoms with Crippen LogP contribution in [0.15, 0.2) is 47.4 Å². The largest absolute Gasteiger partial charge is 0.495 e. The summed E-state index contributed by atoms with van der Waals surface area (Å²) in [6, 6.07) is 10.5. The van der Waals surface area contributed by atoms with Gasteiger partial charge in [0, 0.05) is 35.3 Å². The third kappa shape index (κ3) is 6.11. The van der Waals surface area contributed by atoms with Crippen molar-refractivity contribution in [3.8, 4) is 5.75 Å². The Morgan fingerprint density at radius 1 is 1.13 bits per heavy atom. The number of halogens is 1. The highest BCUT2D eigenvalue weighted by Crippen LogP contribution is 2.37. The van der Waals surface area contributed by atoms with Crippen LogP contribution in [0.25, 0.3) is 0 Å². The summed E-state index contributed by atoms with van der Waals surface area (Å²) in [5.74, 6) is 0.195. The van der Waals surface area contributed by atoms with Crippen molar-refractivity contribution in [1.29, 1.82) is 0 Å². The van der Waals surface area contributed by atoms with Crippen LogP contribution in [0.3, 0.4) is 0 Å². The number of sulfonamides is 1. The van der Waals surface area contributed by atoms with Gasteiger partial charge in [0.25, 0.3) is 10.0 Å². The van der Waals surface area contributed by atoms with E-state index in [0.29, 0.717) is 22.3 Å². The standard InChI is InChI=1S/C21H24ClN3O5S/c1-13-11-17(13)21(27)23-10-9-20(26)24-16-7-8-18(30-2)19(12-16)31(28,29)25-15-5-3-14(22)4-6-15/h3-8,12-13,17,25H,9-11H2,1-2H3,(H,23,27)(H,24,26). The number of hydrogen-bond donors (Lipinski definition) is 3. The predicted octanol–water partition coefficient (Wildman–Crippen LogP) is 3.25. The summed E-state index contributed by atoms with van der Waals surface area (Å²) in [6.45, 7) is 2.22. The van der Waals surface area contributed by atoms with Gasteiger partial charge in [0.15, 0.2) is 0 Å². The van der Waals surface area contributed by atoms with Crippen LogP contribution in [-0.2, 0) is 19.6 Å².